The van der Waals surface area contributed by atoms with Crippen LogP contribution in [0.1, 0.15) is 31.1 Å². The summed E-state index contributed by atoms with van der Waals surface area (Å²) in [5.41, 5.74) is 1.13. The highest BCUT2D eigenvalue weighted by atomic mass is 19.1. The molecule has 0 radical (unpaired) electrons. The molecule has 0 saturated carbocycles. The van der Waals surface area contributed by atoms with Crippen molar-refractivity contribution in [3.63, 3.8) is 0 Å². The number of nitrogens with zero attached hydrogens (tertiary/aromatic N) is 1. The Morgan fingerprint density at radius 3 is 2.62 bits per heavy atom. The number of morpholine rings is 1. The van der Waals surface area contributed by atoms with Crippen LogP contribution in [0.5, 0.6) is 5.75 Å². The van der Waals surface area contributed by atoms with E-state index in [1.807, 2.05) is 45.0 Å². The molecule has 0 aromatic heterocycles. The van der Waals surface area contributed by atoms with Gasteiger partial charge in [0, 0.05) is 5.56 Å². The molecule has 0 aliphatic carbocycles. The van der Waals surface area contributed by atoms with Crippen molar-refractivity contribution in [1.29, 1.82) is 0 Å². The standard InChI is InChI=1S/C21H24FNO3/c1-15-8-10-16(11-9-15)25-13-20(24)23-12-19(26-14-21(23,2)3)17-6-4-5-7-18(17)22/h4-11,19H,12-14H2,1-3H3. The Bertz CT molecular complexity index is 773. The van der Waals surface area contributed by atoms with Crippen LogP contribution >= 0.6 is 0 Å². The fourth-order valence-corrected chi connectivity index (χ4v) is 3.07. The van der Waals surface area contributed by atoms with Crippen LogP contribution in [-0.4, -0.2) is 36.1 Å². The molecule has 1 atom stereocenters. The first-order valence-corrected chi connectivity index (χ1v) is 8.73. The first-order chi connectivity index (χ1) is 12.4. The lowest BCUT2D eigenvalue weighted by atomic mass is 9.98. The number of amides is 1. The normalized spacial score (nSPS) is 19.2. The predicted molar refractivity (Wildman–Crippen MR) is 97.6 cm³/mol. The number of halogens is 1. The second kappa shape index (κ2) is 7.46. The molecule has 1 heterocycles. The molecule has 1 fully saturated rings. The molecule has 5 heteroatoms. The number of carbonyl (C=O) groups is 1. The van der Waals surface area contributed by atoms with Gasteiger partial charge in [-0.3, -0.25) is 4.79 Å². The van der Waals surface area contributed by atoms with Crippen LogP contribution in [0.2, 0.25) is 0 Å². The van der Waals surface area contributed by atoms with Crippen molar-refractivity contribution < 1.29 is 18.7 Å². The van der Waals surface area contributed by atoms with Gasteiger partial charge >= 0.3 is 0 Å². The maximum atomic E-state index is 14.1. The first-order valence-electron chi connectivity index (χ1n) is 8.73. The van der Waals surface area contributed by atoms with Gasteiger partial charge in [0.1, 0.15) is 17.7 Å². The summed E-state index contributed by atoms with van der Waals surface area (Å²) in [6, 6.07) is 14.1. The van der Waals surface area contributed by atoms with E-state index in [1.165, 1.54) is 6.07 Å². The Hall–Kier alpha value is -2.40. The smallest absolute Gasteiger partial charge is 0.261 e. The lowest BCUT2D eigenvalue weighted by Gasteiger charge is -2.45. The average Bonchev–Trinajstić information content (AvgIpc) is 2.61. The van der Waals surface area contributed by atoms with E-state index in [1.54, 1.807) is 23.1 Å². The van der Waals surface area contributed by atoms with Crippen LogP contribution in [-0.2, 0) is 9.53 Å². The molecule has 1 amide bonds. The molecule has 1 aliphatic heterocycles. The number of benzene rings is 2. The van der Waals surface area contributed by atoms with Crippen molar-refractivity contribution >= 4 is 5.91 Å². The molecule has 1 aliphatic rings. The Balaban J connectivity index is 1.70. The highest BCUT2D eigenvalue weighted by molar-refractivity contribution is 5.78. The number of carbonyl (C=O) groups excluding carboxylic acids is 1. The lowest BCUT2D eigenvalue weighted by Crippen LogP contribution is -2.57. The lowest BCUT2D eigenvalue weighted by molar-refractivity contribution is -0.157. The van der Waals surface area contributed by atoms with Gasteiger partial charge in [-0.05, 0) is 39.0 Å². The third kappa shape index (κ3) is 4.05. The van der Waals surface area contributed by atoms with Gasteiger partial charge in [0.25, 0.3) is 5.91 Å². The number of ether oxygens (including phenoxy) is 2. The zero-order valence-corrected chi connectivity index (χ0v) is 15.4. The summed E-state index contributed by atoms with van der Waals surface area (Å²) < 4.78 is 25.6. The van der Waals surface area contributed by atoms with E-state index < -0.39 is 11.6 Å². The monoisotopic (exact) mass is 357 g/mol. The molecule has 2 aromatic carbocycles. The molecule has 4 nitrogen and oxygen atoms in total. The predicted octanol–water partition coefficient (Wildman–Crippen LogP) is 3.89. The van der Waals surface area contributed by atoms with Gasteiger partial charge in [0.05, 0.1) is 18.7 Å². The maximum absolute atomic E-state index is 14.1. The molecule has 1 saturated heterocycles. The Morgan fingerprint density at radius 2 is 1.92 bits per heavy atom. The number of hydrogen-bond acceptors (Lipinski definition) is 3. The van der Waals surface area contributed by atoms with Gasteiger partial charge in [0.15, 0.2) is 6.61 Å². The van der Waals surface area contributed by atoms with Crippen molar-refractivity contribution in [2.75, 3.05) is 19.8 Å². The fraction of sp³-hybridized carbons (Fsp3) is 0.381. The Kier molecular flexibility index (Phi) is 5.28. The number of hydrogen-bond donors (Lipinski definition) is 0. The van der Waals surface area contributed by atoms with Crippen molar-refractivity contribution in [1.82, 2.24) is 4.90 Å². The largest absolute Gasteiger partial charge is 0.484 e. The van der Waals surface area contributed by atoms with E-state index in [0.717, 1.165) is 5.56 Å². The summed E-state index contributed by atoms with van der Waals surface area (Å²) in [7, 11) is 0. The van der Waals surface area contributed by atoms with E-state index in [4.69, 9.17) is 9.47 Å². The van der Waals surface area contributed by atoms with Gasteiger partial charge in [-0.25, -0.2) is 4.39 Å². The van der Waals surface area contributed by atoms with Crippen molar-refractivity contribution in [3.8, 4) is 5.75 Å². The minimum absolute atomic E-state index is 0.0590. The second-order valence-electron chi connectivity index (χ2n) is 7.24. The van der Waals surface area contributed by atoms with E-state index in [-0.39, 0.29) is 18.3 Å². The molecular formula is C21H24FNO3. The van der Waals surface area contributed by atoms with Gasteiger partial charge in [-0.15, -0.1) is 0 Å². The van der Waals surface area contributed by atoms with Gasteiger partial charge in [-0.2, -0.15) is 0 Å². The zero-order valence-electron chi connectivity index (χ0n) is 15.4. The van der Waals surface area contributed by atoms with Crippen LogP contribution in [0.15, 0.2) is 48.5 Å². The molecule has 2 aromatic rings. The molecular weight excluding hydrogens is 333 g/mol. The Labute approximate surface area is 153 Å². The average molecular weight is 357 g/mol. The first kappa shape index (κ1) is 18.4. The summed E-state index contributed by atoms with van der Waals surface area (Å²) in [6.07, 6.45) is -0.479. The third-order valence-corrected chi connectivity index (χ3v) is 4.65. The molecule has 3 rings (SSSR count). The molecule has 138 valence electrons. The SMILES string of the molecule is Cc1ccc(OCC(=O)N2CC(c3ccccc3F)OCC2(C)C)cc1. The molecule has 26 heavy (non-hydrogen) atoms. The number of aryl methyl sites for hydroxylation is 1. The van der Waals surface area contributed by atoms with Crippen LogP contribution < -0.4 is 4.74 Å². The summed E-state index contributed by atoms with van der Waals surface area (Å²) in [6.45, 7) is 6.44. The third-order valence-electron chi connectivity index (χ3n) is 4.65. The van der Waals surface area contributed by atoms with Gasteiger partial charge < -0.3 is 14.4 Å². The molecule has 0 bridgehead atoms. The summed E-state index contributed by atoms with van der Waals surface area (Å²) in [5, 5.41) is 0. The van der Waals surface area contributed by atoms with E-state index in [0.29, 0.717) is 24.5 Å². The van der Waals surface area contributed by atoms with Crippen LogP contribution in [0.4, 0.5) is 4.39 Å². The van der Waals surface area contributed by atoms with Crippen LogP contribution in [0.3, 0.4) is 0 Å². The summed E-state index contributed by atoms with van der Waals surface area (Å²) in [4.78, 5) is 14.5. The molecule has 0 spiro atoms. The van der Waals surface area contributed by atoms with Crippen molar-refractivity contribution in [3.05, 3.63) is 65.5 Å². The highest BCUT2D eigenvalue weighted by Gasteiger charge is 2.39. The summed E-state index contributed by atoms with van der Waals surface area (Å²) in [5.74, 6) is 0.196. The van der Waals surface area contributed by atoms with Crippen LogP contribution in [0.25, 0.3) is 0 Å². The van der Waals surface area contributed by atoms with Gasteiger partial charge in [-0.1, -0.05) is 35.9 Å². The zero-order chi connectivity index (χ0) is 18.7. The topological polar surface area (TPSA) is 38.8 Å². The summed E-state index contributed by atoms with van der Waals surface area (Å²) >= 11 is 0. The number of rotatable bonds is 4. The Morgan fingerprint density at radius 1 is 1.23 bits per heavy atom. The van der Waals surface area contributed by atoms with Crippen molar-refractivity contribution in [2.45, 2.75) is 32.4 Å². The second-order valence-corrected chi connectivity index (χ2v) is 7.24. The van der Waals surface area contributed by atoms with Gasteiger partial charge in [0.2, 0.25) is 0 Å². The maximum Gasteiger partial charge on any atom is 0.261 e. The highest BCUT2D eigenvalue weighted by Crippen LogP contribution is 2.31. The van der Waals surface area contributed by atoms with Crippen molar-refractivity contribution in [2.24, 2.45) is 0 Å². The quantitative estimate of drug-likeness (QED) is 0.833. The van der Waals surface area contributed by atoms with E-state index in [9.17, 15) is 9.18 Å². The minimum atomic E-state index is -0.479. The molecule has 1 unspecified atom stereocenters. The molecule has 0 N–H and O–H groups in total. The fourth-order valence-electron chi connectivity index (χ4n) is 3.07. The van der Waals surface area contributed by atoms with E-state index in [2.05, 4.69) is 0 Å². The minimum Gasteiger partial charge on any atom is -0.484 e. The van der Waals surface area contributed by atoms with E-state index >= 15 is 0 Å². The van der Waals surface area contributed by atoms with Crippen LogP contribution in [0, 0.1) is 12.7 Å².